The van der Waals surface area contributed by atoms with Gasteiger partial charge in [0.05, 0.1) is 37.9 Å². The fourth-order valence-corrected chi connectivity index (χ4v) is 5.01. The van der Waals surface area contributed by atoms with E-state index >= 15 is 0 Å². The first-order valence-corrected chi connectivity index (χ1v) is 14.9. The van der Waals surface area contributed by atoms with Crippen molar-refractivity contribution in [1.29, 1.82) is 0 Å². The summed E-state index contributed by atoms with van der Waals surface area (Å²) in [6.07, 6.45) is 1.14. The molecule has 3 amide bonds. The number of rotatable bonds is 15. The first-order chi connectivity index (χ1) is 21.9. The van der Waals surface area contributed by atoms with E-state index in [-0.39, 0.29) is 36.5 Å². The van der Waals surface area contributed by atoms with Gasteiger partial charge in [-0.05, 0) is 54.2 Å². The molecule has 0 fully saturated rings. The van der Waals surface area contributed by atoms with Crippen LogP contribution in [0.1, 0.15) is 47.8 Å². The first-order valence-electron chi connectivity index (χ1n) is 14.9. The fourth-order valence-electron chi connectivity index (χ4n) is 5.01. The molecule has 0 aliphatic heterocycles. The largest absolute Gasteiger partial charge is 0.394 e. The molecule has 0 saturated heterocycles. The van der Waals surface area contributed by atoms with E-state index < -0.39 is 35.8 Å². The van der Waals surface area contributed by atoms with Crippen molar-refractivity contribution < 1.29 is 29.7 Å². The van der Waals surface area contributed by atoms with Crippen LogP contribution in [0.2, 0.25) is 0 Å². The van der Waals surface area contributed by atoms with Crippen molar-refractivity contribution in [2.75, 3.05) is 19.8 Å². The molecule has 0 aliphatic carbocycles. The van der Waals surface area contributed by atoms with E-state index in [1.54, 1.807) is 0 Å². The van der Waals surface area contributed by atoms with Gasteiger partial charge in [0.25, 0.3) is 17.7 Å². The van der Waals surface area contributed by atoms with Gasteiger partial charge in [-0.2, -0.15) is 0 Å². The van der Waals surface area contributed by atoms with Gasteiger partial charge in [-0.1, -0.05) is 91.0 Å². The van der Waals surface area contributed by atoms with Crippen LogP contribution in [0.4, 0.5) is 0 Å². The minimum atomic E-state index is -0.607. The number of aliphatic hydroxyl groups is 3. The second-order valence-electron chi connectivity index (χ2n) is 10.9. The molecule has 9 nitrogen and oxygen atoms in total. The van der Waals surface area contributed by atoms with Crippen molar-refractivity contribution in [2.45, 2.75) is 37.4 Å². The van der Waals surface area contributed by atoms with Gasteiger partial charge >= 0.3 is 0 Å². The highest BCUT2D eigenvalue weighted by Gasteiger charge is 2.22. The molecule has 0 spiro atoms. The smallest absolute Gasteiger partial charge is 0.251 e. The Morgan fingerprint density at radius 1 is 0.444 bits per heavy atom. The zero-order chi connectivity index (χ0) is 32.0. The monoisotopic (exact) mass is 609 g/mol. The molecule has 45 heavy (non-hydrogen) atoms. The van der Waals surface area contributed by atoms with Gasteiger partial charge in [0.1, 0.15) is 0 Å². The minimum Gasteiger partial charge on any atom is -0.394 e. The lowest BCUT2D eigenvalue weighted by atomic mass is 10.0. The molecule has 4 rings (SSSR count). The second-order valence-corrected chi connectivity index (χ2v) is 10.9. The van der Waals surface area contributed by atoms with Gasteiger partial charge in [0.2, 0.25) is 0 Å². The highest BCUT2D eigenvalue weighted by atomic mass is 16.3. The van der Waals surface area contributed by atoms with Crippen LogP contribution in [0, 0.1) is 0 Å². The number of carbonyl (C=O) groups excluding carboxylic acids is 3. The Labute approximate surface area is 262 Å². The molecule has 9 heteroatoms. The van der Waals surface area contributed by atoms with Crippen molar-refractivity contribution >= 4 is 17.7 Å². The van der Waals surface area contributed by atoms with E-state index in [1.165, 1.54) is 18.2 Å². The summed E-state index contributed by atoms with van der Waals surface area (Å²) in [5.74, 6) is -1.71. The lowest BCUT2D eigenvalue weighted by molar-refractivity contribution is 0.0916. The predicted molar refractivity (Wildman–Crippen MR) is 172 cm³/mol. The Balaban J connectivity index is 1.57. The van der Waals surface area contributed by atoms with E-state index in [4.69, 9.17) is 0 Å². The highest BCUT2D eigenvalue weighted by Crippen LogP contribution is 2.15. The van der Waals surface area contributed by atoms with Crippen LogP contribution < -0.4 is 16.0 Å². The number of carbonyl (C=O) groups is 3. The molecule has 0 saturated carbocycles. The Kier molecular flexibility index (Phi) is 12.4. The molecular weight excluding hydrogens is 570 g/mol. The van der Waals surface area contributed by atoms with Crippen molar-refractivity contribution in [2.24, 2.45) is 0 Å². The third-order valence-electron chi connectivity index (χ3n) is 7.36. The standard InChI is InChI=1S/C36H39N3O6/c40-22-31(16-25-10-4-1-5-11-25)37-34(43)28-19-29(35(44)38-32(23-41)17-26-12-6-2-7-13-26)21-30(20-28)36(45)39-33(24-42)18-27-14-8-3-9-15-27/h1-15,19-21,31-33,40-42H,16-18,22-24H2,(H,37,43)(H,38,44)(H,39,45)/t31-,32-,33-/m0/s1. The maximum Gasteiger partial charge on any atom is 0.251 e. The molecule has 3 atom stereocenters. The Morgan fingerprint density at radius 2 is 0.689 bits per heavy atom. The maximum absolute atomic E-state index is 13.4. The van der Waals surface area contributed by atoms with Crippen LogP contribution in [0.5, 0.6) is 0 Å². The van der Waals surface area contributed by atoms with Crippen LogP contribution in [0.25, 0.3) is 0 Å². The van der Waals surface area contributed by atoms with E-state index in [9.17, 15) is 29.7 Å². The number of hydrogen-bond acceptors (Lipinski definition) is 6. The number of hydrogen-bond donors (Lipinski definition) is 6. The first kappa shape index (κ1) is 33.1. The Morgan fingerprint density at radius 3 is 0.911 bits per heavy atom. The molecule has 0 aromatic heterocycles. The van der Waals surface area contributed by atoms with Crippen LogP contribution >= 0.6 is 0 Å². The van der Waals surface area contributed by atoms with Crippen molar-refractivity contribution in [1.82, 2.24) is 16.0 Å². The SMILES string of the molecule is O=C(N[C@H](CO)Cc1ccccc1)c1cc(C(=O)N[C@H](CO)Cc2ccccc2)cc(C(=O)N[C@H](CO)Cc2ccccc2)c1. The lowest BCUT2D eigenvalue weighted by Crippen LogP contribution is -2.41. The van der Waals surface area contributed by atoms with Gasteiger partial charge in [0, 0.05) is 16.7 Å². The summed E-state index contributed by atoms with van der Waals surface area (Å²) in [4.78, 5) is 40.3. The zero-order valence-electron chi connectivity index (χ0n) is 24.9. The van der Waals surface area contributed by atoms with Crippen LogP contribution in [0.15, 0.2) is 109 Å². The third kappa shape index (κ3) is 10.1. The van der Waals surface area contributed by atoms with Crippen LogP contribution in [-0.2, 0) is 19.3 Å². The van der Waals surface area contributed by atoms with E-state index in [0.717, 1.165) is 16.7 Å². The van der Waals surface area contributed by atoms with Crippen molar-refractivity contribution in [3.63, 3.8) is 0 Å². The molecule has 0 aliphatic rings. The fraction of sp³-hybridized carbons (Fsp3) is 0.250. The zero-order valence-corrected chi connectivity index (χ0v) is 24.9. The summed E-state index contributed by atoms with van der Waals surface area (Å²) in [5, 5.41) is 38.3. The maximum atomic E-state index is 13.4. The van der Waals surface area contributed by atoms with Crippen LogP contribution in [-0.4, -0.2) is 71.0 Å². The molecule has 0 unspecified atom stereocenters. The molecule has 6 N–H and O–H groups in total. The minimum absolute atomic E-state index is 0.0477. The summed E-state index contributed by atoms with van der Waals surface area (Å²) < 4.78 is 0. The molecule has 0 heterocycles. The number of aliphatic hydroxyl groups excluding tert-OH is 3. The quantitative estimate of drug-likeness (QED) is 0.122. The normalized spacial score (nSPS) is 12.9. The van der Waals surface area contributed by atoms with Gasteiger partial charge in [-0.15, -0.1) is 0 Å². The molecule has 4 aromatic rings. The third-order valence-corrected chi connectivity index (χ3v) is 7.36. The van der Waals surface area contributed by atoms with E-state index in [2.05, 4.69) is 16.0 Å². The highest BCUT2D eigenvalue weighted by molar-refractivity contribution is 6.04. The summed E-state index contributed by atoms with van der Waals surface area (Å²) in [5.41, 5.74) is 2.91. The molecule has 4 aromatic carbocycles. The van der Waals surface area contributed by atoms with Crippen LogP contribution in [0.3, 0.4) is 0 Å². The van der Waals surface area contributed by atoms with Gasteiger partial charge in [0.15, 0.2) is 0 Å². The van der Waals surface area contributed by atoms with E-state index in [1.807, 2.05) is 91.0 Å². The summed E-state index contributed by atoms with van der Waals surface area (Å²) in [6, 6.07) is 30.5. The molecular formula is C36H39N3O6. The van der Waals surface area contributed by atoms with E-state index in [0.29, 0.717) is 19.3 Å². The van der Waals surface area contributed by atoms with Gasteiger partial charge in [-0.25, -0.2) is 0 Å². The number of benzene rings is 4. The lowest BCUT2D eigenvalue weighted by Gasteiger charge is -2.20. The summed E-state index contributed by atoms with van der Waals surface area (Å²) >= 11 is 0. The molecule has 0 bridgehead atoms. The topological polar surface area (TPSA) is 148 Å². The number of amides is 3. The Bertz CT molecular complexity index is 1340. The molecule has 0 radical (unpaired) electrons. The summed E-state index contributed by atoms with van der Waals surface area (Å²) in [7, 11) is 0. The van der Waals surface area contributed by atoms with Crippen molar-refractivity contribution in [3.05, 3.63) is 143 Å². The molecule has 234 valence electrons. The average Bonchev–Trinajstić information content (AvgIpc) is 3.08. The average molecular weight is 610 g/mol. The summed E-state index contributed by atoms with van der Waals surface area (Å²) in [6.45, 7) is -0.948. The Hall–Kier alpha value is -4.83. The number of nitrogens with one attached hydrogen (secondary N) is 3. The van der Waals surface area contributed by atoms with Gasteiger partial charge < -0.3 is 31.3 Å². The van der Waals surface area contributed by atoms with Gasteiger partial charge in [-0.3, -0.25) is 14.4 Å². The predicted octanol–water partition coefficient (Wildman–Crippen LogP) is 2.69. The second kappa shape index (κ2) is 16.9. The van der Waals surface area contributed by atoms with Crippen molar-refractivity contribution in [3.8, 4) is 0 Å².